The van der Waals surface area contributed by atoms with Crippen LogP contribution in [-0.2, 0) is 9.59 Å². The molecule has 0 aromatic heterocycles. The Kier molecular flexibility index (Phi) is 4.94. The Bertz CT molecular complexity index is 220. The van der Waals surface area contributed by atoms with E-state index in [1.54, 1.807) is 11.8 Å². The van der Waals surface area contributed by atoms with Crippen LogP contribution in [0.4, 0.5) is 0 Å². The van der Waals surface area contributed by atoms with Crippen LogP contribution < -0.4 is 0 Å². The molecule has 0 spiro atoms. The molecule has 1 fully saturated rings. The molecule has 4 nitrogen and oxygen atoms in total. The van der Waals surface area contributed by atoms with E-state index in [1.165, 1.54) is 0 Å². The maximum Gasteiger partial charge on any atom is 0.303 e. The lowest BCUT2D eigenvalue weighted by Crippen LogP contribution is -2.25. The van der Waals surface area contributed by atoms with Crippen LogP contribution in [0.5, 0.6) is 0 Å². The van der Waals surface area contributed by atoms with Crippen LogP contribution in [0, 0.1) is 11.8 Å². The summed E-state index contributed by atoms with van der Waals surface area (Å²) in [6.07, 6.45) is 2.01. The highest BCUT2D eigenvalue weighted by molar-refractivity contribution is 7.99. The molecule has 0 unspecified atom stereocenters. The van der Waals surface area contributed by atoms with Gasteiger partial charge in [-0.2, -0.15) is 11.8 Å². The lowest BCUT2D eigenvalue weighted by Gasteiger charge is -2.27. The lowest BCUT2D eigenvalue weighted by atomic mass is 9.85. The molecule has 15 heavy (non-hydrogen) atoms. The molecule has 1 aliphatic rings. The van der Waals surface area contributed by atoms with Gasteiger partial charge in [0.1, 0.15) is 0 Å². The van der Waals surface area contributed by atoms with E-state index in [0.29, 0.717) is 0 Å². The van der Waals surface area contributed by atoms with Crippen LogP contribution in [0.2, 0.25) is 0 Å². The monoisotopic (exact) mass is 232 g/mol. The van der Waals surface area contributed by atoms with Gasteiger partial charge in [0.2, 0.25) is 0 Å². The highest BCUT2D eigenvalue weighted by Gasteiger charge is 2.27. The zero-order chi connectivity index (χ0) is 11.3. The summed E-state index contributed by atoms with van der Waals surface area (Å²) in [6.45, 7) is 0. The second-order valence-corrected chi connectivity index (χ2v) is 5.08. The second-order valence-electron chi connectivity index (χ2n) is 3.93. The summed E-state index contributed by atoms with van der Waals surface area (Å²) in [5.74, 6) is 0.298. The number of carboxylic acids is 2. The molecule has 5 heteroatoms. The number of carboxylic acid groups (broad SMARTS) is 2. The molecular weight excluding hydrogens is 216 g/mol. The van der Waals surface area contributed by atoms with Gasteiger partial charge in [-0.1, -0.05) is 0 Å². The van der Waals surface area contributed by atoms with E-state index in [0.717, 1.165) is 24.3 Å². The predicted octanol–water partition coefficient (Wildman–Crippen LogP) is 1.70. The maximum absolute atomic E-state index is 10.6. The summed E-state index contributed by atoms with van der Waals surface area (Å²) in [5, 5.41) is 17.5. The highest BCUT2D eigenvalue weighted by atomic mass is 32.2. The van der Waals surface area contributed by atoms with E-state index < -0.39 is 11.9 Å². The molecular formula is C10H16O4S. The van der Waals surface area contributed by atoms with Crippen LogP contribution in [0.3, 0.4) is 0 Å². The average Bonchev–Trinajstić information content (AvgIpc) is 2.17. The molecule has 0 bridgehead atoms. The number of rotatable bonds is 5. The number of carbonyl (C=O) groups is 2. The molecule has 1 aliphatic heterocycles. The zero-order valence-electron chi connectivity index (χ0n) is 8.52. The third-order valence-electron chi connectivity index (χ3n) is 2.74. The summed E-state index contributed by atoms with van der Waals surface area (Å²) in [4.78, 5) is 21.3. The van der Waals surface area contributed by atoms with Crippen LogP contribution in [0.15, 0.2) is 0 Å². The van der Waals surface area contributed by atoms with Crippen molar-refractivity contribution in [1.29, 1.82) is 0 Å². The number of thioether (sulfide) groups is 1. The SMILES string of the molecule is O=C(O)CC(CC(=O)O)[C@@H]1CCCSC1. The van der Waals surface area contributed by atoms with Crippen molar-refractivity contribution in [3.05, 3.63) is 0 Å². The van der Waals surface area contributed by atoms with Gasteiger partial charge in [-0.3, -0.25) is 9.59 Å². The van der Waals surface area contributed by atoms with Gasteiger partial charge in [0.15, 0.2) is 0 Å². The van der Waals surface area contributed by atoms with Crippen LogP contribution >= 0.6 is 11.8 Å². The van der Waals surface area contributed by atoms with Crippen molar-refractivity contribution < 1.29 is 19.8 Å². The Morgan fingerprint density at radius 1 is 1.27 bits per heavy atom. The van der Waals surface area contributed by atoms with Crippen molar-refractivity contribution in [3.8, 4) is 0 Å². The maximum atomic E-state index is 10.6. The van der Waals surface area contributed by atoms with Crippen LogP contribution in [0.25, 0.3) is 0 Å². The fourth-order valence-electron chi connectivity index (χ4n) is 1.99. The highest BCUT2D eigenvalue weighted by Crippen LogP contribution is 2.32. The Labute approximate surface area is 93.1 Å². The van der Waals surface area contributed by atoms with E-state index in [2.05, 4.69) is 0 Å². The molecule has 1 heterocycles. The number of hydrogen-bond acceptors (Lipinski definition) is 3. The fourth-order valence-corrected chi connectivity index (χ4v) is 3.27. The van der Waals surface area contributed by atoms with Gasteiger partial charge in [0.05, 0.1) is 0 Å². The predicted molar refractivity (Wildman–Crippen MR) is 58.0 cm³/mol. The first-order chi connectivity index (χ1) is 7.09. The van der Waals surface area contributed by atoms with Gasteiger partial charge in [-0.25, -0.2) is 0 Å². The largest absolute Gasteiger partial charge is 0.481 e. The van der Waals surface area contributed by atoms with Crippen molar-refractivity contribution in [2.45, 2.75) is 25.7 Å². The summed E-state index contributed by atoms with van der Waals surface area (Å²) in [6, 6.07) is 0. The molecule has 0 aromatic carbocycles. The third kappa shape index (κ3) is 4.55. The van der Waals surface area contributed by atoms with Crippen LogP contribution in [-0.4, -0.2) is 33.7 Å². The molecule has 1 atom stereocenters. The minimum atomic E-state index is -0.892. The molecule has 0 saturated carbocycles. The van der Waals surface area contributed by atoms with E-state index in [-0.39, 0.29) is 24.7 Å². The van der Waals surface area contributed by atoms with Crippen molar-refractivity contribution in [3.63, 3.8) is 0 Å². The molecule has 2 N–H and O–H groups in total. The van der Waals surface area contributed by atoms with Crippen molar-refractivity contribution in [2.24, 2.45) is 11.8 Å². The summed E-state index contributed by atoms with van der Waals surface area (Å²) in [7, 11) is 0. The van der Waals surface area contributed by atoms with E-state index >= 15 is 0 Å². The smallest absolute Gasteiger partial charge is 0.303 e. The molecule has 0 aliphatic carbocycles. The Balaban J connectivity index is 2.52. The molecule has 1 saturated heterocycles. The van der Waals surface area contributed by atoms with E-state index in [4.69, 9.17) is 10.2 Å². The van der Waals surface area contributed by atoms with Crippen molar-refractivity contribution in [1.82, 2.24) is 0 Å². The average molecular weight is 232 g/mol. The van der Waals surface area contributed by atoms with E-state index in [9.17, 15) is 9.59 Å². The second kappa shape index (κ2) is 6.00. The molecule has 0 radical (unpaired) electrons. The van der Waals surface area contributed by atoms with Gasteiger partial charge >= 0.3 is 11.9 Å². The molecule has 0 amide bonds. The molecule has 86 valence electrons. The summed E-state index contributed by atoms with van der Waals surface area (Å²) in [5.41, 5.74) is 0. The minimum Gasteiger partial charge on any atom is -0.481 e. The van der Waals surface area contributed by atoms with Gasteiger partial charge < -0.3 is 10.2 Å². The van der Waals surface area contributed by atoms with Crippen LogP contribution in [0.1, 0.15) is 25.7 Å². The normalized spacial score (nSPS) is 21.5. The first-order valence-electron chi connectivity index (χ1n) is 5.11. The van der Waals surface area contributed by atoms with Gasteiger partial charge in [0.25, 0.3) is 0 Å². The van der Waals surface area contributed by atoms with E-state index in [1.807, 2.05) is 0 Å². The van der Waals surface area contributed by atoms with Gasteiger partial charge in [-0.05, 0) is 36.2 Å². The zero-order valence-corrected chi connectivity index (χ0v) is 9.33. The Hall–Kier alpha value is -0.710. The Morgan fingerprint density at radius 3 is 2.27 bits per heavy atom. The summed E-state index contributed by atoms with van der Waals surface area (Å²) < 4.78 is 0. The third-order valence-corrected chi connectivity index (χ3v) is 3.98. The first-order valence-corrected chi connectivity index (χ1v) is 6.26. The number of aliphatic carboxylic acids is 2. The quantitative estimate of drug-likeness (QED) is 0.754. The first kappa shape index (κ1) is 12.4. The topological polar surface area (TPSA) is 74.6 Å². The van der Waals surface area contributed by atoms with Gasteiger partial charge in [-0.15, -0.1) is 0 Å². The summed E-state index contributed by atoms with van der Waals surface area (Å²) >= 11 is 1.80. The standard InChI is InChI=1S/C10H16O4S/c11-9(12)4-8(5-10(13)14)7-2-1-3-15-6-7/h7-8H,1-6H2,(H,11,12)(H,13,14)/t7-/m1/s1. The molecule has 0 aromatic rings. The minimum absolute atomic E-state index is 0.0163. The van der Waals surface area contributed by atoms with Crippen molar-refractivity contribution >= 4 is 23.7 Å². The molecule has 1 rings (SSSR count). The lowest BCUT2D eigenvalue weighted by molar-refractivity contribution is -0.141. The number of hydrogen-bond donors (Lipinski definition) is 2. The van der Waals surface area contributed by atoms with Crippen molar-refractivity contribution in [2.75, 3.05) is 11.5 Å². The fraction of sp³-hybridized carbons (Fsp3) is 0.800. The van der Waals surface area contributed by atoms with Gasteiger partial charge in [0, 0.05) is 12.8 Å². The Morgan fingerprint density at radius 2 is 1.87 bits per heavy atom.